The van der Waals surface area contributed by atoms with Crippen molar-refractivity contribution in [1.82, 2.24) is 4.98 Å². The minimum Gasteiger partial charge on any atom is -0.342 e. The molecule has 2 aliphatic rings. The number of benzene rings is 1. The first-order valence-corrected chi connectivity index (χ1v) is 10.6. The molecule has 1 aromatic carbocycles. The smallest absolute Gasteiger partial charge is 0.296 e. The highest BCUT2D eigenvalue weighted by molar-refractivity contribution is 7.86. The van der Waals surface area contributed by atoms with Gasteiger partial charge in [0.2, 0.25) is 5.79 Å². The van der Waals surface area contributed by atoms with Crippen LogP contribution in [0.15, 0.2) is 47.5 Å². The van der Waals surface area contributed by atoms with E-state index in [9.17, 15) is 8.42 Å². The molecule has 0 radical (unpaired) electrons. The second-order valence-corrected chi connectivity index (χ2v) is 8.74. The maximum atomic E-state index is 12.5. The Kier molecular flexibility index (Phi) is 5.03. The number of aryl methyl sites for hydroxylation is 2. The molecule has 1 aliphatic heterocycles. The monoisotopic (exact) mass is 389 g/mol. The first-order valence-electron chi connectivity index (χ1n) is 9.17. The van der Waals surface area contributed by atoms with Crippen LogP contribution in [0.5, 0.6) is 0 Å². The molecule has 7 heteroatoms. The normalized spacial score (nSPS) is 21.7. The number of ether oxygens (including phenoxy) is 2. The molecule has 6 nitrogen and oxygen atoms in total. The molecule has 27 heavy (non-hydrogen) atoms. The minimum absolute atomic E-state index is 0.0162. The molecule has 0 unspecified atom stereocenters. The van der Waals surface area contributed by atoms with Gasteiger partial charge in [-0.25, -0.2) is 0 Å². The van der Waals surface area contributed by atoms with E-state index in [-0.39, 0.29) is 17.4 Å². The summed E-state index contributed by atoms with van der Waals surface area (Å²) in [4.78, 5) is 4.68. The van der Waals surface area contributed by atoms with Crippen LogP contribution in [-0.4, -0.2) is 33.2 Å². The Bertz CT molecular complexity index is 904. The Morgan fingerprint density at radius 3 is 2.67 bits per heavy atom. The van der Waals surface area contributed by atoms with Crippen molar-refractivity contribution >= 4 is 10.1 Å². The number of fused-ring (bicyclic) bond motifs is 2. The Labute approximate surface area is 159 Å². The highest BCUT2D eigenvalue weighted by Crippen LogP contribution is 2.42. The minimum atomic E-state index is -3.79. The number of aromatic nitrogens is 1. The molecule has 2 aromatic rings. The van der Waals surface area contributed by atoms with Gasteiger partial charge >= 0.3 is 0 Å². The summed E-state index contributed by atoms with van der Waals surface area (Å²) in [7, 11) is -3.79. The molecule has 1 spiro atoms. The van der Waals surface area contributed by atoms with Gasteiger partial charge < -0.3 is 9.47 Å². The van der Waals surface area contributed by atoms with E-state index in [1.165, 1.54) is 0 Å². The second-order valence-electron chi connectivity index (χ2n) is 7.12. The molecule has 2 heterocycles. The topological polar surface area (TPSA) is 74.7 Å². The lowest BCUT2D eigenvalue weighted by atomic mass is 9.97. The van der Waals surface area contributed by atoms with Gasteiger partial charge in [0.15, 0.2) is 0 Å². The molecular formula is C20H23NO5S. The van der Waals surface area contributed by atoms with Crippen LogP contribution in [0.3, 0.4) is 0 Å². The van der Waals surface area contributed by atoms with Gasteiger partial charge in [-0.15, -0.1) is 0 Å². The van der Waals surface area contributed by atoms with E-state index < -0.39 is 15.9 Å². The van der Waals surface area contributed by atoms with Gasteiger partial charge in [0, 0.05) is 12.6 Å². The van der Waals surface area contributed by atoms with Crippen LogP contribution < -0.4 is 0 Å². The van der Waals surface area contributed by atoms with E-state index in [1.54, 1.807) is 30.5 Å². The summed E-state index contributed by atoms with van der Waals surface area (Å²) in [6.07, 6.45) is 3.84. The van der Waals surface area contributed by atoms with Crippen molar-refractivity contribution in [3.8, 4) is 0 Å². The maximum absolute atomic E-state index is 12.5. The molecule has 0 N–H and O–H groups in total. The van der Waals surface area contributed by atoms with Crippen molar-refractivity contribution in [2.45, 2.75) is 36.9 Å². The largest absolute Gasteiger partial charge is 0.342 e. The molecule has 1 fully saturated rings. The van der Waals surface area contributed by atoms with E-state index in [0.29, 0.717) is 19.6 Å². The molecule has 1 aromatic heterocycles. The van der Waals surface area contributed by atoms with Gasteiger partial charge in [-0.05, 0) is 49.4 Å². The van der Waals surface area contributed by atoms with Gasteiger partial charge in [0.05, 0.1) is 24.7 Å². The fourth-order valence-corrected chi connectivity index (χ4v) is 4.71. The zero-order valence-corrected chi connectivity index (χ0v) is 16.1. The first-order chi connectivity index (χ1) is 13.0. The van der Waals surface area contributed by atoms with Gasteiger partial charge in [-0.1, -0.05) is 23.8 Å². The van der Waals surface area contributed by atoms with Crippen molar-refractivity contribution in [2.24, 2.45) is 5.92 Å². The molecular weight excluding hydrogens is 366 g/mol. The Hall–Kier alpha value is -1.80. The summed E-state index contributed by atoms with van der Waals surface area (Å²) < 4.78 is 42.3. The highest BCUT2D eigenvalue weighted by Gasteiger charge is 2.45. The lowest BCUT2D eigenvalue weighted by Crippen LogP contribution is -2.32. The lowest BCUT2D eigenvalue weighted by Gasteiger charge is -2.29. The van der Waals surface area contributed by atoms with Crippen LogP contribution in [0, 0.1) is 12.8 Å². The molecule has 0 bridgehead atoms. The predicted molar refractivity (Wildman–Crippen MR) is 98.6 cm³/mol. The third-order valence-electron chi connectivity index (χ3n) is 5.15. The van der Waals surface area contributed by atoms with E-state index in [0.717, 1.165) is 29.7 Å². The van der Waals surface area contributed by atoms with Crippen LogP contribution >= 0.6 is 0 Å². The highest BCUT2D eigenvalue weighted by atomic mass is 32.2. The zero-order chi connectivity index (χ0) is 18.9. The Morgan fingerprint density at radius 2 is 1.93 bits per heavy atom. The molecule has 1 aliphatic carbocycles. The summed E-state index contributed by atoms with van der Waals surface area (Å²) in [5.74, 6) is -0.910. The van der Waals surface area contributed by atoms with Crippen molar-refractivity contribution in [1.29, 1.82) is 0 Å². The number of nitrogens with zero attached hydrogens (tertiary/aromatic N) is 1. The molecule has 0 amide bonds. The first kappa shape index (κ1) is 18.6. The molecule has 144 valence electrons. The molecule has 0 saturated carbocycles. The Balaban J connectivity index is 1.51. The van der Waals surface area contributed by atoms with Gasteiger partial charge in [0.1, 0.15) is 5.69 Å². The summed E-state index contributed by atoms with van der Waals surface area (Å²) in [6, 6.07) is 10.6. The van der Waals surface area contributed by atoms with Gasteiger partial charge in [0.25, 0.3) is 10.1 Å². The maximum Gasteiger partial charge on any atom is 0.296 e. The standard InChI is InChI=1S/C20H23NO5S/c1-15-4-8-18(9-5-15)27(22,23)26-14-16-6-7-17-3-2-10-21-19(17)20(13-16)24-11-12-25-20/h2-5,8-10,16H,6-7,11-14H2,1H3/t16-/m0/s1. The van der Waals surface area contributed by atoms with E-state index in [4.69, 9.17) is 13.7 Å². The third kappa shape index (κ3) is 3.78. The van der Waals surface area contributed by atoms with Crippen molar-refractivity contribution < 1.29 is 22.1 Å². The van der Waals surface area contributed by atoms with E-state index >= 15 is 0 Å². The average molecular weight is 389 g/mol. The molecule has 1 atom stereocenters. The Morgan fingerprint density at radius 1 is 1.19 bits per heavy atom. The van der Waals surface area contributed by atoms with Crippen molar-refractivity contribution in [2.75, 3.05) is 19.8 Å². The summed E-state index contributed by atoms with van der Waals surface area (Å²) in [6.45, 7) is 3.02. The van der Waals surface area contributed by atoms with Crippen LogP contribution in [0.4, 0.5) is 0 Å². The number of pyridine rings is 1. The van der Waals surface area contributed by atoms with Crippen molar-refractivity contribution in [3.05, 3.63) is 59.4 Å². The number of rotatable bonds is 4. The van der Waals surface area contributed by atoms with Gasteiger partial charge in [-0.2, -0.15) is 8.42 Å². The fraction of sp³-hybridized carbons (Fsp3) is 0.450. The summed E-state index contributed by atoms with van der Waals surface area (Å²) in [5.41, 5.74) is 2.90. The van der Waals surface area contributed by atoms with E-state index in [1.807, 2.05) is 19.1 Å². The average Bonchev–Trinajstić information content (AvgIpc) is 3.07. The predicted octanol–water partition coefficient (Wildman–Crippen LogP) is 2.95. The van der Waals surface area contributed by atoms with Crippen molar-refractivity contribution in [3.63, 3.8) is 0 Å². The summed E-state index contributed by atoms with van der Waals surface area (Å²) >= 11 is 0. The SMILES string of the molecule is Cc1ccc(S(=O)(=O)OC[C@H]2CCc3cccnc3C3(C2)OCCO3)cc1. The fourth-order valence-electron chi connectivity index (χ4n) is 3.73. The van der Waals surface area contributed by atoms with Gasteiger partial charge in [-0.3, -0.25) is 9.17 Å². The summed E-state index contributed by atoms with van der Waals surface area (Å²) in [5, 5.41) is 0. The quantitative estimate of drug-likeness (QED) is 0.749. The third-order valence-corrected chi connectivity index (χ3v) is 6.45. The van der Waals surface area contributed by atoms with E-state index in [2.05, 4.69) is 4.98 Å². The van der Waals surface area contributed by atoms with Crippen LogP contribution in [0.1, 0.15) is 29.7 Å². The van der Waals surface area contributed by atoms with Crippen LogP contribution in [-0.2, 0) is 36.0 Å². The molecule has 1 saturated heterocycles. The van der Waals surface area contributed by atoms with Crippen LogP contribution in [0.2, 0.25) is 0 Å². The molecule has 4 rings (SSSR count). The van der Waals surface area contributed by atoms with Crippen LogP contribution in [0.25, 0.3) is 0 Å². The number of hydrogen-bond acceptors (Lipinski definition) is 6. The zero-order valence-electron chi connectivity index (χ0n) is 15.3. The lowest BCUT2D eigenvalue weighted by molar-refractivity contribution is -0.182. The second kappa shape index (κ2) is 7.31. The number of hydrogen-bond donors (Lipinski definition) is 0.